The third-order valence-corrected chi connectivity index (χ3v) is 3.28. The lowest BCUT2D eigenvalue weighted by Gasteiger charge is -2.17. The average Bonchev–Trinajstić information content (AvgIpc) is 3.19. The highest BCUT2D eigenvalue weighted by Crippen LogP contribution is 2.32. The van der Waals surface area contributed by atoms with Crippen LogP contribution in [0.2, 0.25) is 0 Å². The van der Waals surface area contributed by atoms with Crippen LogP contribution in [0, 0.1) is 19.8 Å². The van der Waals surface area contributed by atoms with Crippen LogP contribution in [0.3, 0.4) is 0 Å². The topological polar surface area (TPSA) is 101 Å². The van der Waals surface area contributed by atoms with Crippen LogP contribution in [-0.2, 0) is 0 Å². The number of aromatic nitrogens is 1. The third kappa shape index (κ3) is 3.01. The Bertz CT molecular complexity index is 523. The van der Waals surface area contributed by atoms with Gasteiger partial charge >= 0.3 is 0 Å². The maximum absolute atomic E-state index is 12.2. The molecule has 1 unspecified atom stereocenters. The number of hydrogen-bond acceptors (Lipinski definition) is 4. The van der Waals surface area contributed by atoms with Gasteiger partial charge in [-0.25, -0.2) is 0 Å². The van der Waals surface area contributed by atoms with Crippen LogP contribution in [0.1, 0.15) is 34.6 Å². The van der Waals surface area contributed by atoms with E-state index in [9.17, 15) is 4.79 Å². The van der Waals surface area contributed by atoms with Gasteiger partial charge in [0.15, 0.2) is 5.84 Å². The summed E-state index contributed by atoms with van der Waals surface area (Å²) in [6.07, 6.45) is 1.96. The third-order valence-electron chi connectivity index (χ3n) is 3.28. The fourth-order valence-corrected chi connectivity index (χ4v) is 2.07. The lowest BCUT2D eigenvalue weighted by molar-refractivity contribution is 0.0942. The summed E-state index contributed by atoms with van der Waals surface area (Å²) in [5.41, 5.74) is 7.67. The van der Waals surface area contributed by atoms with Crippen LogP contribution in [0.15, 0.2) is 17.3 Å². The van der Waals surface area contributed by atoms with Crippen LogP contribution in [0.4, 0.5) is 0 Å². The van der Waals surface area contributed by atoms with E-state index in [1.165, 1.54) is 0 Å². The average molecular weight is 262 g/mol. The Morgan fingerprint density at radius 3 is 2.74 bits per heavy atom. The van der Waals surface area contributed by atoms with Crippen molar-refractivity contribution in [1.29, 1.82) is 0 Å². The predicted molar refractivity (Wildman–Crippen MR) is 71.1 cm³/mol. The molecule has 6 heteroatoms. The van der Waals surface area contributed by atoms with Gasteiger partial charge in [0, 0.05) is 5.69 Å². The monoisotopic (exact) mass is 262 g/mol. The number of amides is 1. The fraction of sp³-hybridized carbons (Fsp3) is 0.462. The Morgan fingerprint density at radius 1 is 1.53 bits per heavy atom. The van der Waals surface area contributed by atoms with Gasteiger partial charge in [-0.15, -0.1) is 0 Å². The van der Waals surface area contributed by atoms with Crippen molar-refractivity contribution in [3.8, 4) is 0 Å². The summed E-state index contributed by atoms with van der Waals surface area (Å²) in [5.74, 6) is 0.0700. The summed E-state index contributed by atoms with van der Waals surface area (Å²) in [4.78, 5) is 16.5. The Hall–Kier alpha value is -2.11. The van der Waals surface area contributed by atoms with Gasteiger partial charge in [0.1, 0.15) is 0 Å². The minimum absolute atomic E-state index is 0.0496. The van der Waals surface area contributed by atoms with Crippen molar-refractivity contribution < 1.29 is 10.0 Å². The number of pyridine rings is 1. The van der Waals surface area contributed by atoms with Crippen molar-refractivity contribution >= 4 is 11.7 Å². The first-order valence-corrected chi connectivity index (χ1v) is 6.25. The molecule has 6 nitrogen and oxygen atoms in total. The van der Waals surface area contributed by atoms with Crippen molar-refractivity contribution in [1.82, 2.24) is 10.3 Å². The van der Waals surface area contributed by atoms with E-state index in [0.29, 0.717) is 11.3 Å². The lowest BCUT2D eigenvalue weighted by Crippen LogP contribution is -2.46. The summed E-state index contributed by atoms with van der Waals surface area (Å²) < 4.78 is 0. The molecule has 1 saturated carbocycles. The van der Waals surface area contributed by atoms with E-state index in [-0.39, 0.29) is 17.7 Å². The number of carbonyl (C=O) groups is 1. The quantitative estimate of drug-likeness (QED) is 0.325. The van der Waals surface area contributed by atoms with Gasteiger partial charge in [0.25, 0.3) is 5.91 Å². The number of amidine groups is 1. The Kier molecular flexibility index (Phi) is 3.69. The van der Waals surface area contributed by atoms with Crippen molar-refractivity contribution in [2.45, 2.75) is 32.7 Å². The molecule has 1 fully saturated rings. The molecule has 4 N–H and O–H groups in total. The second-order valence-electron chi connectivity index (χ2n) is 4.90. The van der Waals surface area contributed by atoms with Gasteiger partial charge in [0.05, 0.1) is 17.3 Å². The summed E-state index contributed by atoms with van der Waals surface area (Å²) in [6, 6.07) is 3.12. The number of nitrogens with zero attached hydrogens (tertiary/aromatic N) is 2. The van der Waals surface area contributed by atoms with Gasteiger partial charge in [-0.05, 0) is 44.7 Å². The molecule has 1 amide bonds. The van der Waals surface area contributed by atoms with Crippen LogP contribution < -0.4 is 11.1 Å². The van der Waals surface area contributed by atoms with Crippen molar-refractivity contribution in [3.63, 3.8) is 0 Å². The van der Waals surface area contributed by atoms with Gasteiger partial charge in [0.2, 0.25) is 0 Å². The zero-order valence-corrected chi connectivity index (χ0v) is 11.1. The number of aryl methyl sites for hydroxylation is 2. The first-order valence-electron chi connectivity index (χ1n) is 6.25. The molecule has 0 aliphatic heterocycles. The number of rotatable bonds is 4. The molecule has 0 aromatic carbocycles. The number of hydrogen-bond donors (Lipinski definition) is 3. The number of nitrogens with one attached hydrogen (secondary N) is 1. The first-order chi connectivity index (χ1) is 9.02. The lowest BCUT2D eigenvalue weighted by atomic mass is 10.1. The molecule has 0 bridgehead atoms. The summed E-state index contributed by atoms with van der Waals surface area (Å²) in [7, 11) is 0. The van der Waals surface area contributed by atoms with Crippen LogP contribution in [-0.4, -0.2) is 28.0 Å². The molecule has 1 aromatic rings. The maximum Gasteiger partial charge on any atom is 0.253 e. The summed E-state index contributed by atoms with van der Waals surface area (Å²) in [6.45, 7) is 3.66. The zero-order valence-electron chi connectivity index (χ0n) is 11.1. The van der Waals surface area contributed by atoms with Crippen LogP contribution >= 0.6 is 0 Å². The van der Waals surface area contributed by atoms with Gasteiger partial charge in [-0.1, -0.05) is 5.16 Å². The minimum Gasteiger partial charge on any atom is -0.409 e. The second-order valence-corrected chi connectivity index (χ2v) is 4.90. The molecule has 2 rings (SSSR count). The number of carbonyl (C=O) groups excluding carboxylic acids is 1. The molecule has 1 aromatic heterocycles. The highest BCUT2D eigenvalue weighted by atomic mass is 16.4. The molecule has 19 heavy (non-hydrogen) atoms. The van der Waals surface area contributed by atoms with E-state index < -0.39 is 6.04 Å². The molecule has 1 heterocycles. The van der Waals surface area contributed by atoms with Gasteiger partial charge < -0.3 is 16.3 Å². The molecular formula is C13H18N4O2. The molecule has 102 valence electrons. The van der Waals surface area contributed by atoms with E-state index >= 15 is 0 Å². The zero-order chi connectivity index (χ0) is 14.0. The first kappa shape index (κ1) is 13.3. The van der Waals surface area contributed by atoms with Gasteiger partial charge in [-0.3, -0.25) is 9.78 Å². The molecule has 1 aliphatic carbocycles. The molecule has 0 spiro atoms. The number of nitrogens with two attached hydrogens (primary N) is 1. The van der Waals surface area contributed by atoms with E-state index in [1.54, 1.807) is 19.1 Å². The molecular weight excluding hydrogens is 244 g/mol. The Labute approximate surface area is 111 Å². The maximum atomic E-state index is 12.2. The molecule has 1 atom stereocenters. The second kappa shape index (κ2) is 5.26. The van der Waals surface area contributed by atoms with Crippen molar-refractivity contribution in [2.24, 2.45) is 16.8 Å². The van der Waals surface area contributed by atoms with E-state index in [0.717, 1.165) is 18.5 Å². The van der Waals surface area contributed by atoms with Crippen LogP contribution in [0.25, 0.3) is 0 Å². The predicted octanol–water partition coefficient (Wildman–Crippen LogP) is 0.953. The Balaban J connectivity index is 2.15. The highest BCUT2D eigenvalue weighted by Gasteiger charge is 2.35. The minimum atomic E-state index is -0.404. The molecule has 1 aliphatic rings. The summed E-state index contributed by atoms with van der Waals surface area (Å²) >= 11 is 0. The normalized spacial score (nSPS) is 17.1. The standard InChI is InChI=1S/C13H18N4O2/c1-7-3-6-10(8(2)15-7)13(18)16-11(9-4-5-9)12(14)17-19/h3,6,9,11,19H,4-5H2,1-2H3,(H2,14,17)(H,16,18). The van der Waals surface area contributed by atoms with E-state index in [4.69, 9.17) is 10.9 Å². The SMILES string of the molecule is Cc1ccc(C(=O)NC(C(N)=NO)C2CC2)c(C)n1. The smallest absolute Gasteiger partial charge is 0.253 e. The van der Waals surface area contributed by atoms with Crippen LogP contribution in [0.5, 0.6) is 0 Å². The van der Waals surface area contributed by atoms with Crippen molar-refractivity contribution in [3.05, 3.63) is 29.1 Å². The van der Waals surface area contributed by atoms with Gasteiger partial charge in [-0.2, -0.15) is 0 Å². The highest BCUT2D eigenvalue weighted by molar-refractivity contribution is 5.99. The van der Waals surface area contributed by atoms with E-state index in [2.05, 4.69) is 15.5 Å². The summed E-state index contributed by atoms with van der Waals surface area (Å²) in [5, 5.41) is 14.6. The number of oxime groups is 1. The largest absolute Gasteiger partial charge is 0.409 e. The molecule has 0 saturated heterocycles. The fourth-order valence-electron chi connectivity index (χ4n) is 2.07. The molecule has 0 radical (unpaired) electrons. The Morgan fingerprint density at radius 2 is 2.21 bits per heavy atom. The van der Waals surface area contributed by atoms with E-state index in [1.807, 2.05) is 6.92 Å². The van der Waals surface area contributed by atoms with Crippen molar-refractivity contribution in [2.75, 3.05) is 0 Å².